The van der Waals surface area contributed by atoms with Gasteiger partial charge in [0.15, 0.2) is 0 Å². The standard InChI is InChI=1S/C10H14O5/c1-4-8(11)15-10(14)7(3)5-6(2)9(12)13/h5,8,11H,2,4H2,1,3H3,(H,12,13)/b7-5+. The Morgan fingerprint density at radius 3 is 2.47 bits per heavy atom. The molecule has 0 saturated carbocycles. The highest BCUT2D eigenvalue weighted by Gasteiger charge is 2.12. The Hall–Kier alpha value is -1.62. The summed E-state index contributed by atoms with van der Waals surface area (Å²) in [6, 6.07) is 0. The van der Waals surface area contributed by atoms with E-state index < -0.39 is 18.2 Å². The summed E-state index contributed by atoms with van der Waals surface area (Å²) in [6.45, 7) is 6.26. The van der Waals surface area contributed by atoms with Crippen molar-refractivity contribution in [3.63, 3.8) is 0 Å². The smallest absolute Gasteiger partial charge is 0.336 e. The molecule has 0 aromatic carbocycles. The second kappa shape index (κ2) is 5.98. The number of aliphatic hydroxyl groups is 1. The van der Waals surface area contributed by atoms with E-state index in [1.54, 1.807) is 6.92 Å². The van der Waals surface area contributed by atoms with E-state index in [9.17, 15) is 9.59 Å². The van der Waals surface area contributed by atoms with Gasteiger partial charge in [0.05, 0.1) is 5.57 Å². The summed E-state index contributed by atoms with van der Waals surface area (Å²) in [5.41, 5.74) is -0.134. The van der Waals surface area contributed by atoms with Crippen LogP contribution in [-0.4, -0.2) is 28.4 Å². The fourth-order valence-electron chi connectivity index (χ4n) is 0.682. The first kappa shape index (κ1) is 13.4. The Bertz CT molecular complexity index is 303. The maximum Gasteiger partial charge on any atom is 0.336 e. The van der Waals surface area contributed by atoms with Gasteiger partial charge in [0.25, 0.3) is 0 Å². The summed E-state index contributed by atoms with van der Waals surface area (Å²) >= 11 is 0. The van der Waals surface area contributed by atoms with Crippen molar-refractivity contribution in [3.05, 3.63) is 23.8 Å². The zero-order valence-corrected chi connectivity index (χ0v) is 8.69. The van der Waals surface area contributed by atoms with Crippen LogP contribution in [-0.2, 0) is 14.3 Å². The number of hydrogen-bond donors (Lipinski definition) is 2. The van der Waals surface area contributed by atoms with E-state index in [-0.39, 0.29) is 17.6 Å². The summed E-state index contributed by atoms with van der Waals surface area (Å²) in [6.07, 6.45) is 0.199. The van der Waals surface area contributed by atoms with Gasteiger partial charge in [-0.05, 0) is 13.0 Å². The number of ether oxygens (including phenoxy) is 1. The van der Waals surface area contributed by atoms with Crippen LogP contribution >= 0.6 is 0 Å². The molecule has 0 saturated heterocycles. The van der Waals surface area contributed by atoms with Gasteiger partial charge in [0, 0.05) is 12.0 Å². The first-order chi connectivity index (χ1) is 6.88. The van der Waals surface area contributed by atoms with Gasteiger partial charge in [0.2, 0.25) is 6.29 Å². The van der Waals surface area contributed by atoms with Crippen molar-refractivity contribution in [1.29, 1.82) is 0 Å². The first-order valence-electron chi connectivity index (χ1n) is 4.38. The van der Waals surface area contributed by atoms with Crippen LogP contribution in [0.4, 0.5) is 0 Å². The third-order valence-corrected chi connectivity index (χ3v) is 1.58. The van der Waals surface area contributed by atoms with E-state index in [0.29, 0.717) is 0 Å². The molecule has 0 fully saturated rings. The molecule has 0 heterocycles. The molecule has 5 nitrogen and oxygen atoms in total. The van der Waals surface area contributed by atoms with Crippen molar-refractivity contribution in [1.82, 2.24) is 0 Å². The van der Waals surface area contributed by atoms with Crippen LogP contribution in [0.15, 0.2) is 23.8 Å². The number of esters is 1. The lowest BCUT2D eigenvalue weighted by Crippen LogP contribution is -2.17. The van der Waals surface area contributed by atoms with Crippen LogP contribution < -0.4 is 0 Å². The Morgan fingerprint density at radius 2 is 2.07 bits per heavy atom. The SMILES string of the molecule is C=C(/C=C(\C)C(=O)OC(O)CC)C(=O)O. The van der Waals surface area contributed by atoms with Crippen molar-refractivity contribution in [3.8, 4) is 0 Å². The third kappa shape index (κ3) is 4.97. The molecule has 1 atom stereocenters. The second-order valence-corrected chi connectivity index (χ2v) is 2.93. The minimum absolute atomic E-state index is 0.0786. The second-order valence-electron chi connectivity index (χ2n) is 2.93. The maximum atomic E-state index is 11.2. The maximum absolute atomic E-state index is 11.2. The number of carbonyl (C=O) groups is 2. The molecule has 0 aromatic rings. The topological polar surface area (TPSA) is 83.8 Å². The normalized spacial score (nSPS) is 13.1. The van der Waals surface area contributed by atoms with Crippen molar-refractivity contribution in [2.75, 3.05) is 0 Å². The molecule has 0 spiro atoms. The number of aliphatic hydroxyl groups excluding tert-OH is 1. The number of carbonyl (C=O) groups excluding carboxylic acids is 1. The molecule has 2 N–H and O–H groups in total. The Kier molecular flexibility index (Phi) is 5.33. The largest absolute Gasteiger partial charge is 0.478 e. The van der Waals surface area contributed by atoms with Gasteiger partial charge in [-0.25, -0.2) is 9.59 Å². The molecule has 0 rings (SSSR count). The highest BCUT2D eigenvalue weighted by atomic mass is 16.6. The molecule has 0 radical (unpaired) electrons. The van der Waals surface area contributed by atoms with Crippen LogP contribution in [0.5, 0.6) is 0 Å². The first-order valence-corrected chi connectivity index (χ1v) is 4.38. The van der Waals surface area contributed by atoms with Crippen LogP contribution in [0.3, 0.4) is 0 Å². The number of carboxylic acid groups (broad SMARTS) is 1. The number of rotatable bonds is 5. The van der Waals surface area contributed by atoms with Gasteiger partial charge in [-0.15, -0.1) is 0 Å². The Morgan fingerprint density at radius 1 is 1.53 bits per heavy atom. The van der Waals surface area contributed by atoms with Gasteiger partial charge in [-0.1, -0.05) is 13.5 Å². The third-order valence-electron chi connectivity index (χ3n) is 1.58. The number of aliphatic carboxylic acids is 1. The fourth-order valence-corrected chi connectivity index (χ4v) is 0.682. The molecule has 5 heteroatoms. The van der Waals surface area contributed by atoms with E-state index in [0.717, 1.165) is 6.08 Å². The van der Waals surface area contributed by atoms with Gasteiger partial charge >= 0.3 is 11.9 Å². The minimum Gasteiger partial charge on any atom is -0.478 e. The highest BCUT2D eigenvalue weighted by Crippen LogP contribution is 2.05. The van der Waals surface area contributed by atoms with Gasteiger partial charge in [-0.3, -0.25) is 0 Å². The fraction of sp³-hybridized carbons (Fsp3) is 0.400. The van der Waals surface area contributed by atoms with E-state index in [2.05, 4.69) is 11.3 Å². The average Bonchev–Trinajstić information content (AvgIpc) is 2.16. The predicted molar refractivity (Wildman–Crippen MR) is 52.9 cm³/mol. The van der Waals surface area contributed by atoms with Crippen LogP contribution in [0, 0.1) is 0 Å². The summed E-state index contributed by atoms with van der Waals surface area (Å²) in [5.74, 6) is -1.97. The van der Waals surface area contributed by atoms with Crippen molar-refractivity contribution in [2.24, 2.45) is 0 Å². The molecule has 1 unspecified atom stereocenters. The van der Waals surface area contributed by atoms with Gasteiger partial charge < -0.3 is 14.9 Å². The molecule has 0 aliphatic heterocycles. The molecule has 0 aromatic heterocycles. The monoisotopic (exact) mass is 214 g/mol. The summed E-state index contributed by atoms with van der Waals surface area (Å²) < 4.78 is 4.56. The van der Waals surface area contributed by atoms with E-state index in [1.807, 2.05) is 0 Å². The number of carboxylic acids is 1. The van der Waals surface area contributed by atoms with Crippen LogP contribution in [0.1, 0.15) is 20.3 Å². The number of hydrogen-bond acceptors (Lipinski definition) is 4. The molecular formula is C10H14O5. The predicted octanol–water partition coefficient (Wildman–Crippen LogP) is 0.845. The van der Waals surface area contributed by atoms with Crippen molar-refractivity contribution >= 4 is 11.9 Å². The lowest BCUT2D eigenvalue weighted by Gasteiger charge is -2.09. The van der Waals surface area contributed by atoms with E-state index in [4.69, 9.17) is 10.2 Å². The molecule has 84 valence electrons. The molecule has 0 bridgehead atoms. The summed E-state index contributed by atoms with van der Waals surface area (Å²) in [5, 5.41) is 17.5. The van der Waals surface area contributed by atoms with E-state index >= 15 is 0 Å². The van der Waals surface area contributed by atoms with Crippen molar-refractivity contribution in [2.45, 2.75) is 26.6 Å². The van der Waals surface area contributed by atoms with Gasteiger partial charge in [0.1, 0.15) is 0 Å². The van der Waals surface area contributed by atoms with Crippen LogP contribution in [0.25, 0.3) is 0 Å². The molecule has 0 aliphatic carbocycles. The average molecular weight is 214 g/mol. The summed E-state index contributed by atoms with van der Waals surface area (Å²) in [4.78, 5) is 21.6. The Balaban J connectivity index is 4.44. The minimum atomic E-state index is -1.21. The molecule has 15 heavy (non-hydrogen) atoms. The van der Waals surface area contributed by atoms with E-state index in [1.165, 1.54) is 6.92 Å². The zero-order chi connectivity index (χ0) is 12.0. The molecular weight excluding hydrogens is 200 g/mol. The Labute approximate surface area is 87.7 Å². The molecule has 0 aliphatic rings. The lowest BCUT2D eigenvalue weighted by atomic mass is 10.2. The quantitative estimate of drug-likeness (QED) is 0.307. The van der Waals surface area contributed by atoms with Gasteiger partial charge in [-0.2, -0.15) is 0 Å². The summed E-state index contributed by atoms with van der Waals surface area (Å²) in [7, 11) is 0. The van der Waals surface area contributed by atoms with Crippen molar-refractivity contribution < 1.29 is 24.5 Å². The zero-order valence-electron chi connectivity index (χ0n) is 8.69. The highest BCUT2D eigenvalue weighted by molar-refractivity contribution is 5.94. The van der Waals surface area contributed by atoms with Crippen LogP contribution in [0.2, 0.25) is 0 Å². The lowest BCUT2D eigenvalue weighted by molar-refractivity contribution is -0.163. The molecule has 0 amide bonds.